The third-order valence-corrected chi connectivity index (χ3v) is 7.49. The fourth-order valence-corrected chi connectivity index (χ4v) is 5.08. The van der Waals surface area contributed by atoms with Crippen molar-refractivity contribution >= 4 is 27.5 Å². The number of nitrogens with one attached hydrogen (secondary N) is 1. The standard InChI is InChI=1S/C28H41N3O4S/c1-6-8-19-29-28(33)26(7-2)30(21-24-13-10-9-12-23(24)4)27(32)14-11-20-31(36(5,34)35)25-17-15-22(3)16-18-25/h9-10,12-13,15-18,26H,6-8,11,14,19-21H2,1-5H3,(H,29,33). The van der Waals surface area contributed by atoms with Crippen LogP contribution >= 0.6 is 0 Å². The number of hydrogen-bond donors (Lipinski definition) is 1. The number of sulfonamides is 1. The van der Waals surface area contributed by atoms with Crippen LogP contribution < -0.4 is 9.62 Å². The molecule has 0 aliphatic heterocycles. The van der Waals surface area contributed by atoms with Gasteiger partial charge in [-0.05, 0) is 56.4 Å². The van der Waals surface area contributed by atoms with Gasteiger partial charge < -0.3 is 10.2 Å². The van der Waals surface area contributed by atoms with Crippen molar-refractivity contribution in [2.75, 3.05) is 23.7 Å². The van der Waals surface area contributed by atoms with Crippen LogP contribution in [0.15, 0.2) is 48.5 Å². The lowest BCUT2D eigenvalue weighted by molar-refractivity contribution is -0.141. The van der Waals surface area contributed by atoms with E-state index in [-0.39, 0.29) is 24.8 Å². The van der Waals surface area contributed by atoms with E-state index in [0.717, 1.165) is 29.5 Å². The highest BCUT2D eigenvalue weighted by molar-refractivity contribution is 7.92. The summed E-state index contributed by atoms with van der Waals surface area (Å²) in [5.41, 5.74) is 3.66. The van der Waals surface area contributed by atoms with Gasteiger partial charge in [0.1, 0.15) is 6.04 Å². The highest BCUT2D eigenvalue weighted by Gasteiger charge is 2.29. The number of carbonyl (C=O) groups is 2. The average Bonchev–Trinajstić information content (AvgIpc) is 2.83. The first kappa shape index (κ1) is 29.4. The Morgan fingerprint density at radius 1 is 0.972 bits per heavy atom. The van der Waals surface area contributed by atoms with E-state index in [1.54, 1.807) is 17.0 Å². The van der Waals surface area contributed by atoms with E-state index in [0.29, 0.717) is 31.6 Å². The Morgan fingerprint density at radius 3 is 2.22 bits per heavy atom. The summed E-state index contributed by atoms with van der Waals surface area (Å²) in [6, 6.07) is 14.5. The van der Waals surface area contributed by atoms with Gasteiger partial charge in [-0.2, -0.15) is 0 Å². The zero-order valence-corrected chi connectivity index (χ0v) is 23.1. The van der Waals surface area contributed by atoms with Gasteiger partial charge in [0, 0.05) is 26.1 Å². The van der Waals surface area contributed by atoms with E-state index in [2.05, 4.69) is 12.2 Å². The van der Waals surface area contributed by atoms with Gasteiger partial charge in [-0.15, -0.1) is 0 Å². The molecule has 2 aromatic rings. The van der Waals surface area contributed by atoms with Crippen LogP contribution in [0.1, 0.15) is 62.6 Å². The molecule has 0 saturated carbocycles. The maximum atomic E-state index is 13.5. The minimum Gasteiger partial charge on any atom is -0.354 e. The van der Waals surface area contributed by atoms with Crippen LogP contribution in [0, 0.1) is 13.8 Å². The molecule has 8 heteroatoms. The van der Waals surface area contributed by atoms with Crippen molar-refractivity contribution in [2.24, 2.45) is 0 Å². The molecule has 0 saturated heterocycles. The van der Waals surface area contributed by atoms with Crippen molar-refractivity contribution in [2.45, 2.75) is 72.4 Å². The molecule has 0 bridgehead atoms. The number of anilines is 1. The van der Waals surface area contributed by atoms with Crippen LogP contribution in [0.25, 0.3) is 0 Å². The summed E-state index contributed by atoms with van der Waals surface area (Å²) in [4.78, 5) is 28.1. The summed E-state index contributed by atoms with van der Waals surface area (Å²) >= 11 is 0. The third kappa shape index (κ3) is 8.66. The number of nitrogens with zero attached hydrogens (tertiary/aromatic N) is 2. The largest absolute Gasteiger partial charge is 0.354 e. The summed E-state index contributed by atoms with van der Waals surface area (Å²) in [5, 5.41) is 2.97. The Bertz CT molecular complexity index is 1100. The molecule has 1 N–H and O–H groups in total. The van der Waals surface area contributed by atoms with Crippen molar-refractivity contribution in [3.05, 3.63) is 65.2 Å². The lowest BCUT2D eigenvalue weighted by Crippen LogP contribution is -2.49. The molecule has 0 radical (unpaired) electrons. The summed E-state index contributed by atoms with van der Waals surface area (Å²) in [6.45, 7) is 9.01. The van der Waals surface area contributed by atoms with Gasteiger partial charge in [0.15, 0.2) is 0 Å². The molecule has 0 aromatic heterocycles. The third-order valence-electron chi connectivity index (χ3n) is 6.29. The molecule has 0 aliphatic rings. The molecule has 0 fully saturated rings. The van der Waals surface area contributed by atoms with E-state index in [1.807, 2.05) is 57.2 Å². The topological polar surface area (TPSA) is 86.8 Å². The van der Waals surface area contributed by atoms with Crippen molar-refractivity contribution in [3.8, 4) is 0 Å². The van der Waals surface area contributed by atoms with Crippen LogP contribution in [0.5, 0.6) is 0 Å². The molecule has 198 valence electrons. The SMILES string of the molecule is CCCCNC(=O)C(CC)N(Cc1ccccc1C)C(=O)CCCN(c1ccc(C)cc1)S(C)(=O)=O. The summed E-state index contributed by atoms with van der Waals surface area (Å²) < 4.78 is 26.2. The fraction of sp³-hybridized carbons (Fsp3) is 0.500. The quantitative estimate of drug-likeness (QED) is 0.373. The van der Waals surface area contributed by atoms with Gasteiger partial charge in [0.05, 0.1) is 11.9 Å². The van der Waals surface area contributed by atoms with E-state index >= 15 is 0 Å². The zero-order valence-electron chi connectivity index (χ0n) is 22.3. The van der Waals surface area contributed by atoms with Gasteiger partial charge in [-0.25, -0.2) is 8.42 Å². The number of aryl methyl sites for hydroxylation is 2. The molecule has 0 aliphatic carbocycles. The minimum absolute atomic E-state index is 0.141. The first-order valence-electron chi connectivity index (χ1n) is 12.7. The number of carbonyl (C=O) groups excluding carboxylic acids is 2. The minimum atomic E-state index is -3.51. The van der Waals surface area contributed by atoms with Gasteiger partial charge in [-0.1, -0.05) is 62.2 Å². The van der Waals surface area contributed by atoms with E-state index in [9.17, 15) is 18.0 Å². The average molecular weight is 516 g/mol. The Balaban J connectivity index is 2.20. The van der Waals surface area contributed by atoms with Crippen LogP contribution in [-0.4, -0.2) is 50.5 Å². The van der Waals surface area contributed by atoms with E-state index < -0.39 is 16.1 Å². The second kappa shape index (κ2) is 14.0. The lowest BCUT2D eigenvalue weighted by Gasteiger charge is -2.31. The second-order valence-corrected chi connectivity index (χ2v) is 11.2. The number of rotatable bonds is 14. The highest BCUT2D eigenvalue weighted by atomic mass is 32.2. The molecule has 1 unspecified atom stereocenters. The van der Waals surface area contributed by atoms with Crippen molar-refractivity contribution in [3.63, 3.8) is 0 Å². The number of unbranched alkanes of at least 4 members (excludes halogenated alkanes) is 1. The van der Waals surface area contributed by atoms with Crippen molar-refractivity contribution in [1.29, 1.82) is 0 Å². The van der Waals surface area contributed by atoms with Crippen LogP contribution in [0.4, 0.5) is 5.69 Å². The maximum Gasteiger partial charge on any atom is 0.242 e. The number of amides is 2. The molecule has 0 heterocycles. The number of benzene rings is 2. The van der Waals surface area contributed by atoms with Gasteiger partial charge in [0.2, 0.25) is 21.8 Å². The Hall–Kier alpha value is -2.87. The Morgan fingerprint density at radius 2 is 1.64 bits per heavy atom. The summed E-state index contributed by atoms with van der Waals surface area (Å²) in [7, 11) is -3.51. The fourth-order valence-electron chi connectivity index (χ4n) is 4.11. The molecule has 2 aromatic carbocycles. The second-order valence-electron chi connectivity index (χ2n) is 9.29. The smallest absolute Gasteiger partial charge is 0.242 e. The van der Waals surface area contributed by atoms with Crippen LogP contribution in [0.2, 0.25) is 0 Å². The molecular weight excluding hydrogens is 474 g/mol. The molecular formula is C28H41N3O4S. The molecule has 7 nitrogen and oxygen atoms in total. The molecule has 0 spiro atoms. The summed E-state index contributed by atoms with van der Waals surface area (Å²) in [6.07, 6.45) is 4.01. The molecule has 1 atom stereocenters. The van der Waals surface area contributed by atoms with Gasteiger partial charge in [0.25, 0.3) is 0 Å². The maximum absolute atomic E-state index is 13.5. The van der Waals surface area contributed by atoms with Crippen molar-refractivity contribution in [1.82, 2.24) is 10.2 Å². The highest BCUT2D eigenvalue weighted by Crippen LogP contribution is 2.21. The van der Waals surface area contributed by atoms with E-state index in [4.69, 9.17) is 0 Å². The normalized spacial score (nSPS) is 12.1. The predicted octanol–water partition coefficient (Wildman–Crippen LogP) is 4.57. The van der Waals surface area contributed by atoms with Gasteiger partial charge in [-0.3, -0.25) is 13.9 Å². The molecule has 2 rings (SSSR count). The van der Waals surface area contributed by atoms with Crippen molar-refractivity contribution < 1.29 is 18.0 Å². The zero-order chi connectivity index (χ0) is 26.7. The Labute approximate surface area is 216 Å². The first-order chi connectivity index (χ1) is 17.1. The predicted molar refractivity (Wildman–Crippen MR) is 146 cm³/mol. The summed E-state index contributed by atoms with van der Waals surface area (Å²) in [5.74, 6) is -0.307. The molecule has 36 heavy (non-hydrogen) atoms. The monoisotopic (exact) mass is 515 g/mol. The van der Waals surface area contributed by atoms with E-state index in [1.165, 1.54) is 10.6 Å². The van der Waals surface area contributed by atoms with Gasteiger partial charge >= 0.3 is 0 Å². The van der Waals surface area contributed by atoms with Crippen LogP contribution in [-0.2, 0) is 26.2 Å². The Kier molecular flexibility index (Phi) is 11.4. The number of hydrogen-bond acceptors (Lipinski definition) is 4. The lowest BCUT2D eigenvalue weighted by atomic mass is 10.1. The van der Waals surface area contributed by atoms with Crippen LogP contribution in [0.3, 0.4) is 0 Å². The molecule has 2 amide bonds. The first-order valence-corrected chi connectivity index (χ1v) is 14.6.